The number of carbonyl (C=O) groups excluding carboxylic acids is 1. The molecule has 0 bridgehead atoms. The number of nitrogens with zero attached hydrogens (tertiary/aromatic N) is 1. The van der Waals surface area contributed by atoms with Gasteiger partial charge >= 0.3 is 0 Å². The van der Waals surface area contributed by atoms with Crippen molar-refractivity contribution in [2.24, 2.45) is 0 Å². The van der Waals surface area contributed by atoms with Gasteiger partial charge in [-0.25, -0.2) is 0 Å². The quantitative estimate of drug-likeness (QED) is 0.592. The highest BCUT2D eigenvalue weighted by Crippen LogP contribution is 2.34. The molecule has 0 spiro atoms. The van der Waals surface area contributed by atoms with E-state index in [4.69, 9.17) is 12.6 Å². The van der Waals surface area contributed by atoms with Gasteiger partial charge in [-0.2, -0.15) is 0 Å². The monoisotopic (exact) mass is 366 g/mol. The molecule has 1 N–H and O–H groups in total. The fourth-order valence-electron chi connectivity index (χ4n) is 4.61. The Morgan fingerprint density at radius 1 is 1.22 bits per heavy atom. The normalized spacial score (nSPS) is 29.2. The van der Waals surface area contributed by atoms with Gasteiger partial charge in [0, 0.05) is 12.6 Å². The molecule has 1 aliphatic carbocycles. The molecule has 2 fully saturated rings. The zero-order valence-corrected chi connectivity index (χ0v) is 16.2. The molecule has 1 amide bonds. The number of piperidine rings is 1. The number of hydrogen-bond acceptors (Lipinski definition) is 3. The highest BCUT2D eigenvalue weighted by atomic mass is 16.5. The Bertz CT molecular complexity index is 602. The number of likely N-dealkylation sites (tertiary alicyclic amines) is 1. The van der Waals surface area contributed by atoms with Crippen LogP contribution in [0.25, 0.3) is 0 Å². The number of hydrogen-bond donors (Lipinski definition) is 1. The Hall–Kier alpha value is -1.59. The summed E-state index contributed by atoms with van der Waals surface area (Å²) in [6, 6.07) is 11.0. The molecule has 27 heavy (non-hydrogen) atoms. The Kier molecular flexibility index (Phi) is 7.54. The summed E-state index contributed by atoms with van der Waals surface area (Å²) in [5.74, 6) is 0.205. The molecule has 1 aliphatic heterocycles. The standard InChI is InChI=1S/C22H31BN2O2/c1-2-14-25-15-6-9-20(24-22(23)26)21(25)16-27-19-12-10-18(11-13-19)17-7-4-3-5-8-17/h2-5,7-8,18-21H,1,6,9-16H2,(H,24,26). The second-order valence-electron chi connectivity index (χ2n) is 7.83. The molecule has 1 aromatic rings. The van der Waals surface area contributed by atoms with Crippen LogP contribution in [0, 0.1) is 0 Å². The van der Waals surface area contributed by atoms with E-state index in [0.29, 0.717) is 18.6 Å². The van der Waals surface area contributed by atoms with E-state index in [1.54, 1.807) is 0 Å². The van der Waals surface area contributed by atoms with Crippen LogP contribution in [0.15, 0.2) is 43.0 Å². The first-order valence-corrected chi connectivity index (χ1v) is 10.2. The van der Waals surface area contributed by atoms with Crippen molar-refractivity contribution in [1.82, 2.24) is 10.2 Å². The van der Waals surface area contributed by atoms with Crippen molar-refractivity contribution < 1.29 is 9.53 Å². The first kappa shape index (κ1) is 20.2. The van der Waals surface area contributed by atoms with Gasteiger partial charge in [0.2, 0.25) is 7.85 Å². The third kappa shape index (κ3) is 5.69. The fourth-order valence-corrected chi connectivity index (χ4v) is 4.61. The average molecular weight is 366 g/mol. The van der Waals surface area contributed by atoms with Crippen LogP contribution in [-0.4, -0.2) is 56.4 Å². The summed E-state index contributed by atoms with van der Waals surface area (Å²) in [5, 5.41) is 2.92. The lowest BCUT2D eigenvalue weighted by Gasteiger charge is -2.42. The molecule has 2 radical (unpaired) electrons. The summed E-state index contributed by atoms with van der Waals surface area (Å²) in [7, 11) is 5.38. The van der Waals surface area contributed by atoms with Gasteiger partial charge in [0.1, 0.15) is 0 Å². The smallest absolute Gasteiger partial charge is 0.200 e. The van der Waals surface area contributed by atoms with Crippen molar-refractivity contribution in [3.63, 3.8) is 0 Å². The van der Waals surface area contributed by atoms with Crippen molar-refractivity contribution in [3.8, 4) is 0 Å². The Morgan fingerprint density at radius 3 is 2.63 bits per heavy atom. The van der Waals surface area contributed by atoms with Crippen LogP contribution in [-0.2, 0) is 4.74 Å². The number of amides is 1. The molecular weight excluding hydrogens is 335 g/mol. The van der Waals surface area contributed by atoms with E-state index in [1.807, 2.05) is 6.08 Å². The van der Waals surface area contributed by atoms with E-state index in [1.165, 1.54) is 18.4 Å². The van der Waals surface area contributed by atoms with Crippen LogP contribution in [0.1, 0.15) is 50.0 Å². The van der Waals surface area contributed by atoms with Crippen LogP contribution in [0.5, 0.6) is 0 Å². The molecule has 144 valence electrons. The zero-order chi connectivity index (χ0) is 19.1. The number of rotatable bonds is 7. The third-order valence-corrected chi connectivity index (χ3v) is 6.03. The number of nitrogens with one attached hydrogen (secondary N) is 1. The van der Waals surface area contributed by atoms with Gasteiger partial charge < -0.3 is 10.1 Å². The maximum atomic E-state index is 11.4. The number of carbonyl (C=O) groups is 1. The van der Waals surface area contributed by atoms with Crippen molar-refractivity contribution in [1.29, 1.82) is 0 Å². The van der Waals surface area contributed by atoms with Crippen LogP contribution >= 0.6 is 0 Å². The molecule has 5 heteroatoms. The van der Waals surface area contributed by atoms with E-state index in [-0.39, 0.29) is 12.1 Å². The topological polar surface area (TPSA) is 41.6 Å². The summed E-state index contributed by atoms with van der Waals surface area (Å²) < 4.78 is 6.33. The van der Waals surface area contributed by atoms with Gasteiger partial charge in [-0.05, 0) is 56.6 Å². The molecule has 2 aliphatic rings. The predicted octanol–water partition coefficient (Wildman–Crippen LogP) is 3.63. The van der Waals surface area contributed by atoms with Crippen LogP contribution in [0.2, 0.25) is 0 Å². The summed E-state index contributed by atoms with van der Waals surface area (Å²) in [6.07, 6.45) is 8.79. The number of benzene rings is 1. The van der Waals surface area contributed by atoms with Gasteiger partial charge in [-0.15, -0.1) is 6.58 Å². The maximum Gasteiger partial charge on any atom is 0.200 e. The molecule has 2 unspecified atom stereocenters. The van der Waals surface area contributed by atoms with Crippen molar-refractivity contribution in [3.05, 3.63) is 48.6 Å². The SMILES string of the molecule is [B]C(=O)NC1CCCN(CC=C)C1COC1CCC(c2ccccc2)CC1. The van der Waals surface area contributed by atoms with E-state index in [2.05, 4.69) is 47.1 Å². The summed E-state index contributed by atoms with van der Waals surface area (Å²) in [4.78, 5) is 13.7. The lowest BCUT2D eigenvalue weighted by molar-refractivity contribution is -0.0253. The van der Waals surface area contributed by atoms with Gasteiger partial charge in [0.25, 0.3) is 0 Å². The molecule has 3 rings (SSSR count). The van der Waals surface area contributed by atoms with Gasteiger partial charge in [-0.1, -0.05) is 36.4 Å². The van der Waals surface area contributed by atoms with Crippen LogP contribution < -0.4 is 5.32 Å². The van der Waals surface area contributed by atoms with Crippen LogP contribution in [0.3, 0.4) is 0 Å². The molecule has 2 atom stereocenters. The largest absolute Gasteiger partial charge is 0.377 e. The summed E-state index contributed by atoms with van der Waals surface area (Å²) >= 11 is 0. The first-order valence-electron chi connectivity index (χ1n) is 10.2. The molecule has 1 aromatic carbocycles. The van der Waals surface area contributed by atoms with Gasteiger partial charge in [0.15, 0.2) is 5.81 Å². The Balaban J connectivity index is 1.52. The van der Waals surface area contributed by atoms with Crippen LogP contribution in [0.4, 0.5) is 4.79 Å². The second kappa shape index (κ2) is 10.1. The van der Waals surface area contributed by atoms with Gasteiger partial charge in [0.05, 0.1) is 18.8 Å². The second-order valence-corrected chi connectivity index (χ2v) is 7.83. The molecule has 1 heterocycles. The first-order chi connectivity index (χ1) is 13.2. The van der Waals surface area contributed by atoms with Crippen molar-refractivity contribution >= 4 is 13.7 Å². The average Bonchev–Trinajstić information content (AvgIpc) is 2.68. The minimum absolute atomic E-state index is 0.0526. The van der Waals surface area contributed by atoms with E-state index in [9.17, 15) is 4.79 Å². The highest BCUT2D eigenvalue weighted by Gasteiger charge is 2.32. The maximum absolute atomic E-state index is 11.4. The predicted molar refractivity (Wildman–Crippen MR) is 110 cm³/mol. The highest BCUT2D eigenvalue weighted by molar-refractivity contribution is 6.57. The van der Waals surface area contributed by atoms with Crippen molar-refractivity contribution in [2.45, 2.75) is 62.6 Å². The Labute approximate surface area is 164 Å². The molecule has 1 saturated carbocycles. The minimum atomic E-state index is -0.450. The van der Waals surface area contributed by atoms with Gasteiger partial charge in [-0.3, -0.25) is 9.69 Å². The zero-order valence-electron chi connectivity index (χ0n) is 16.2. The summed E-state index contributed by atoms with van der Waals surface area (Å²) in [6.45, 7) is 6.33. The van der Waals surface area contributed by atoms with E-state index >= 15 is 0 Å². The number of ether oxygens (including phenoxy) is 1. The molecule has 1 saturated heterocycles. The lowest BCUT2D eigenvalue weighted by atomic mass is 9.83. The van der Waals surface area contributed by atoms with Crippen molar-refractivity contribution in [2.75, 3.05) is 19.7 Å². The fraction of sp³-hybridized carbons (Fsp3) is 0.591. The summed E-state index contributed by atoms with van der Waals surface area (Å²) in [5.41, 5.74) is 1.45. The third-order valence-electron chi connectivity index (χ3n) is 6.03. The van der Waals surface area contributed by atoms with E-state index < -0.39 is 5.81 Å². The molecular formula is C22H31BN2O2. The molecule has 4 nitrogen and oxygen atoms in total. The minimum Gasteiger partial charge on any atom is -0.377 e. The van der Waals surface area contributed by atoms with E-state index in [0.717, 1.165) is 38.8 Å². The lowest BCUT2D eigenvalue weighted by Crippen LogP contribution is -2.57. The Morgan fingerprint density at radius 2 is 1.96 bits per heavy atom. The molecule has 0 aromatic heterocycles.